The third kappa shape index (κ3) is 2.22. The highest BCUT2D eigenvalue weighted by Gasteiger charge is 2.20. The van der Waals surface area contributed by atoms with Crippen molar-refractivity contribution in [2.45, 2.75) is 19.9 Å². The third-order valence-electron chi connectivity index (χ3n) is 2.79. The van der Waals surface area contributed by atoms with Crippen molar-refractivity contribution in [2.75, 3.05) is 0 Å². The number of hydrogen-bond donors (Lipinski definition) is 1. The minimum absolute atomic E-state index is 0.145. The molecule has 0 aliphatic heterocycles. The molecular formula is C13H13F2N3. The topological polar surface area (TPSA) is 51.8 Å². The molecule has 0 amide bonds. The van der Waals surface area contributed by atoms with E-state index in [4.69, 9.17) is 5.73 Å². The van der Waals surface area contributed by atoms with Crippen LogP contribution in [0.5, 0.6) is 0 Å². The Bertz CT molecular complexity index is 564. The first kappa shape index (κ1) is 12.6. The highest BCUT2D eigenvalue weighted by atomic mass is 19.1. The van der Waals surface area contributed by atoms with Gasteiger partial charge in [-0.2, -0.15) is 10.2 Å². The SMILES string of the molecule is Cc1cc(C(N)c2c(F)cccc2F)c(C)nn1. The molecule has 0 bridgehead atoms. The molecule has 3 nitrogen and oxygen atoms in total. The van der Waals surface area contributed by atoms with E-state index in [1.165, 1.54) is 18.2 Å². The zero-order chi connectivity index (χ0) is 13.3. The maximum Gasteiger partial charge on any atom is 0.131 e. The summed E-state index contributed by atoms with van der Waals surface area (Å²) in [6.45, 7) is 3.46. The van der Waals surface area contributed by atoms with Crippen molar-refractivity contribution < 1.29 is 8.78 Å². The highest BCUT2D eigenvalue weighted by molar-refractivity contribution is 5.35. The summed E-state index contributed by atoms with van der Waals surface area (Å²) in [6.07, 6.45) is 0. The van der Waals surface area contributed by atoms with Crippen molar-refractivity contribution in [1.82, 2.24) is 10.2 Å². The molecular weight excluding hydrogens is 236 g/mol. The van der Waals surface area contributed by atoms with Crippen molar-refractivity contribution in [3.8, 4) is 0 Å². The molecule has 0 saturated heterocycles. The number of aryl methyl sites for hydroxylation is 2. The summed E-state index contributed by atoms with van der Waals surface area (Å²) in [4.78, 5) is 0. The minimum Gasteiger partial charge on any atom is -0.320 e. The van der Waals surface area contributed by atoms with Gasteiger partial charge in [-0.05, 0) is 37.6 Å². The Labute approximate surface area is 104 Å². The first-order valence-electron chi connectivity index (χ1n) is 5.51. The molecule has 0 aliphatic carbocycles. The van der Waals surface area contributed by atoms with Crippen LogP contribution in [0, 0.1) is 25.5 Å². The summed E-state index contributed by atoms with van der Waals surface area (Å²) in [5.41, 5.74) is 7.59. The lowest BCUT2D eigenvalue weighted by Gasteiger charge is -2.16. The molecule has 0 saturated carbocycles. The van der Waals surface area contributed by atoms with Crippen LogP contribution in [0.15, 0.2) is 24.3 Å². The Balaban J connectivity index is 2.54. The summed E-state index contributed by atoms with van der Waals surface area (Å²) in [7, 11) is 0. The molecule has 1 atom stereocenters. The Kier molecular flexibility index (Phi) is 3.34. The molecule has 1 unspecified atom stereocenters. The summed E-state index contributed by atoms with van der Waals surface area (Å²) in [5, 5.41) is 7.78. The normalized spacial score (nSPS) is 12.5. The van der Waals surface area contributed by atoms with Crippen LogP contribution in [0.2, 0.25) is 0 Å². The van der Waals surface area contributed by atoms with E-state index in [9.17, 15) is 8.78 Å². The smallest absolute Gasteiger partial charge is 0.131 e. The minimum atomic E-state index is -0.889. The molecule has 2 N–H and O–H groups in total. The zero-order valence-electron chi connectivity index (χ0n) is 10.1. The average Bonchev–Trinajstić information content (AvgIpc) is 2.32. The van der Waals surface area contributed by atoms with E-state index in [-0.39, 0.29) is 5.56 Å². The van der Waals surface area contributed by atoms with E-state index < -0.39 is 17.7 Å². The van der Waals surface area contributed by atoms with Gasteiger partial charge in [-0.15, -0.1) is 0 Å². The van der Waals surface area contributed by atoms with Gasteiger partial charge in [-0.3, -0.25) is 0 Å². The van der Waals surface area contributed by atoms with Crippen molar-refractivity contribution in [3.05, 3.63) is 58.4 Å². The van der Waals surface area contributed by atoms with Gasteiger partial charge >= 0.3 is 0 Å². The van der Waals surface area contributed by atoms with Gasteiger partial charge in [-0.1, -0.05) is 6.07 Å². The standard InChI is InChI=1S/C13H13F2N3/c1-7-6-9(8(2)18-17-7)13(16)12-10(14)4-3-5-11(12)15/h3-6,13H,16H2,1-2H3. The van der Waals surface area contributed by atoms with Crippen LogP contribution in [0.4, 0.5) is 8.78 Å². The molecule has 5 heteroatoms. The maximum absolute atomic E-state index is 13.7. The highest BCUT2D eigenvalue weighted by Crippen LogP contribution is 2.26. The van der Waals surface area contributed by atoms with Gasteiger partial charge in [0.1, 0.15) is 11.6 Å². The zero-order valence-corrected chi connectivity index (χ0v) is 10.1. The van der Waals surface area contributed by atoms with Gasteiger partial charge in [0.25, 0.3) is 0 Å². The second-order valence-electron chi connectivity index (χ2n) is 4.14. The Morgan fingerprint density at radius 2 is 1.72 bits per heavy atom. The number of nitrogens with two attached hydrogens (primary N) is 1. The number of halogens is 2. The maximum atomic E-state index is 13.7. The van der Waals surface area contributed by atoms with Crippen molar-refractivity contribution >= 4 is 0 Å². The fourth-order valence-electron chi connectivity index (χ4n) is 1.85. The van der Waals surface area contributed by atoms with Gasteiger partial charge < -0.3 is 5.73 Å². The average molecular weight is 249 g/mol. The lowest BCUT2D eigenvalue weighted by molar-refractivity contribution is 0.542. The summed E-state index contributed by atoms with van der Waals surface area (Å²) < 4.78 is 27.3. The summed E-state index contributed by atoms with van der Waals surface area (Å²) >= 11 is 0. The Morgan fingerprint density at radius 3 is 2.33 bits per heavy atom. The van der Waals surface area contributed by atoms with Crippen LogP contribution < -0.4 is 5.73 Å². The van der Waals surface area contributed by atoms with Gasteiger partial charge in [-0.25, -0.2) is 8.78 Å². The number of rotatable bonds is 2. The molecule has 1 aromatic carbocycles. The van der Waals surface area contributed by atoms with Crippen LogP contribution in [-0.4, -0.2) is 10.2 Å². The molecule has 2 rings (SSSR count). The van der Waals surface area contributed by atoms with Gasteiger partial charge in [0, 0.05) is 5.56 Å². The number of hydrogen-bond acceptors (Lipinski definition) is 3. The number of nitrogens with zero attached hydrogens (tertiary/aromatic N) is 2. The lowest BCUT2D eigenvalue weighted by Crippen LogP contribution is -2.18. The number of aromatic nitrogens is 2. The molecule has 0 spiro atoms. The molecule has 1 aromatic heterocycles. The number of benzene rings is 1. The van der Waals surface area contributed by atoms with Crippen molar-refractivity contribution in [2.24, 2.45) is 5.73 Å². The first-order chi connectivity index (χ1) is 8.50. The summed E-state index contributed by atoms with van der Waals surface area (Å²) in [5.74, 6) is -1.31. The first-order valence-corrected chi connectivity index (χ1v) is 5.51. The molecule has 0 aliphatic rings. The van der Waals surface area contributed by atoms with Crippen LogP contribution in [-0.2, 0) is 0 Å². The quantitative estimate of drug-likeness (QED) is 0.889. The molecule has 0 radical (unpaired) electrons. The van der Waals surface area contributed by atoms with Gasteiger partial charge in [0.2, 0.25) is 0 Å². The largest absolute Gasteiger partial charge is 0.320 e. The van der Waals surface area contributed by atoms with Gasteiger partial charge in [0.15, 0.2) is 0 Å². The summed E-state index contributed by atoms with van der Waals surface area (Å²) in [6, 6.07) is 4.49. The van der Waals surface area contributed by atoms with E-state index in [2.05, 4.69) is 10.2 Å². The predicted molar refractivity (Wildman–Crippen MR) is 63.9 cm³/mol. The molecule has 18 heavy (non-hydrogen) atoms. The molecule has 0 fully saturated rings. The fraction of sp³-hybridized carbons (Fsp3) is 0.231. The van der Waals surface area contributed by atoms with E-state index in [0.717, 1.165) is 0 Å². The van der Waals surface area contributed by atoms with Crippen molar-refractivity contribution in [1.29, 1.82) is 0 Å². The van der Waals surface area contributed by atoms with Crippen molar-refractivity contribution in [3.63, 3.8) is 0 Å². The van der Waals surface area contributed by atoms with Crippen LogP contribution >= 0.6 is 0 Å². The van der Waals surface area contributed by atoms with E-state index in [1.54, 1.807) is 19.9 Å². The van der Waals surface area contributed by atoms with Gasteiger partial charge in [0.05, 0.1) is 17.4 Å². The van der Waals surface area contributed by atoms with Crippen LogP contribution in [0.1, 0.15) is 28.6 Å². The lowest BCUT2D eigenvalue weighted by atomic mass is 9.97. The third-order valence-corrected chi connectivity index (χ3v) is 2.79. The van der Waals surface area contributed by atoms with Crippen LogP contribution in [0.25, 0.3) is 0 Å². The Hall–Kier alpha value is -1.88. The van der Waals surface area contributed by atoms with E-state index in [0.29, 0.717) is 17.0 Å². The predicted octanol–water partition coefficient (Wildman–Crippen LogP) is 2.42. The molecule has 94 valence electrons. The van der Waals surface area contributed by atoms with Crippen LogP contribution in [0.3, 0.4) is 0 Å². The van der Waals surface area contributed by atoms with E-state index in [1.807, 2.05) is 0 Å². The Morgan fingerprint density at radius 1 is 1.11 bits per heavy atom. The second-order valence-corrected chi connectivity index (χ2v) is 4.14. The fourth-order valence-corrected chi connectivity index (χ4v) is 1.85. The molecule has 1 heterocycles. The second kappa shape index (κ2) is 4.78. The van der Waals surface area contributed by atoms with E-state index >= 15 is 0 Å². The monoisotopic (exact) mass is 249 g/mol. The molecule has 2 aromatic rings.